The van der Waals surface area contributed by atoms with Gasteiger partial charge in [-0.3, -0.25) is 0 Å². The molecule has 23 heavy (non-hydrogen) atoms. The lowest BCUT2D eigenvalue weighted by atomic mass is 10.0. The van der Waals surface area contributed by atoms with E-state index < -0.39 is 10.2 Å². The van der Waals surface area contributed by atoms with Gasteiger partial charge >= 0.3 is 0 Å². The average Bonchev–Trinajstić information content (AvgIpc) is 2.59. The quantitative estimate of drug-likeness (QED) is 0.850. The molecule has 1 aliphatic rings. The molecule has 1 atom stereocenters. The van der Waals surface area contributed by atoms with Gasteiger partial charge in [-0.2, -0.15) is 17.9 Å². The summed E-state index contributed by atoms with van der Waals surface area (Å²) < 4.78 is 35.0. The number of hydrogen-bond acceptors (Lipinski definition) is 3. The highest BCUT2D eigenvalue weighted by atomic mass is 32.2. The maximum absolute atomic E-state index is 12.0. The molecule has 5 nitrogen and oxygen atoms in total. The Labute approximate surface area is 136 Å². The molecule has 6 heteroatoms. The minimum atomic E-state index is -3.54. The molecule has 2 N–H and O–H groups in total. The summed E-state index contributed by atoms with van der Waals surface area (Å²) in [5.74, 6) is 0.847. The van der Waals surface area contributed by atoms with E-state index in [0.29, 0.717) is 0 Å². The first-order valence-corrected chi connectivity index (χ1v) is 9.13. The van der Waals surface area contributed by atoms with Crippen molar-refractivity contribution in [1.82, 2.24) is 9.44 Å². The van der Waals surface area contributed by atoms with Crippen LogP contribution in [0, 0.1) is 0 Å². The molecule has 0 saturated carbocycles. The van der Waals surface area contributed by atoms with E-state index in [1.54, 1.807) is 0 Å². The molecule has 3 rings (SSSR count). The first kappa shape index (κ1) is 16.0. The molecule has 0 bridgehead atoms. The highest BCUT2D eigenvalue weighted by Crippen LogP contribution is 2.26. The molecule has 1 aliphatic heterocycles. The molecule has 0 fully saturated rings. The zero-order chi connectivity index (χ0) is 16.1. The van der Waals surface area contributed by atoms with Crippen LogP contribution in [0.4, 0.5) is 0 Å². The van der Waals surface area contributed by atoms with Crippen molar-refractivity contribution in [2.75, 3.05) is 6.54 Å². The fourth-order valence-corrected chi connectivity index (χ4v) is 3.42. The molecule has 0 aliphatic carbocycles. The van der Waals surface area contributed by atoms with E-state index in [-0.39, 0.29) is 19.2 Å². The standard InChI is InChI=1S/C17H20N2O3S/c20-23(21,18-12-14-6-2-1-3-7-14)19-13-16-11-10-15-8-4-5-9-17(15)22-16/h1-9,16,18-19H,10-13H2/t16-/m1/s1. The number of nitrogens with one attached hydrogen (secondary N) is 2. The van der Waals surface area contributed by atoms with E-state index in [2.05, 4.69) is 9.44 Å². The zero-order valence-electron chi connectivity index (χ0n) is 12.7. The Morgan fingerprint density at radius 2 is 1.74 bits per heavy atom. The normalized spacial score (nSPS) is 17.3. The molecular formula is C17H20N2O3S. The zero-order valence-corrected chi connectivity index (χ0v) is 13.6. The number of fused-ring (bicyclic) bond motifs is 1. The second-order valence-corrected chi connectivity index (χ2v) is 7.13. The first-order valence-electron chi connectivity index (χ1n) is 7.65. The third kappa shape index (κ3) is 4.54. The van der Waals surface area contributed by atoms with Crippen LogP contribution in [0.3, 0.4) is 0 Å². The summed E-state index contributed by atoms with van der Waals surface area (Å²) in [6.45, 7) is 0.531. The summed E-state index contributed by atoms with van der Waals surface area (Å²) in [5.41, 5.74) is 2.09. The van der Waals surface area contributed by atoms with E-state index in [1.165, 1.54) is 5.56 Å². The first-order chi connectivity index (χ1) is 11.1. The van der Waals surface area contributed by atoms with Crippen molar-refractivity contribution < 1.29 is 13.2 Å². The van der Waals surface area contributed by atoms with Gasteiger partial charge in [0.15, 0.2) is 0 Å². The highest BCUT2D eigenvalue weighted by molar-refractivity contribution is 7.87. The van der Waals surface area contributed by atoms with E-state index in [9.17, 15) is 8.42 Å². The second-order valence-electron chi connectivity index (χ2n) is 5.54. The number of rotatable bonds is 6. The third-order valence-corrected chi connectivity index (χ3v) is 4.88. The molecule has 2 aromatic carbocycles. The molecule has 122 valence electrons. The van der Waals surface area contributed by atoms with Gasteiger partial charge in [0.05, 0.1) is 0 Å². The predicted octanol–water partition coefficient (Wildman–Crippen LogP) is 2.00. The number of para-hydroxylation sites is 1. The molecule has 0 saturated heterocycles. The summed E-state index contributed by atoms with van der Waals surface area (Å²) >= 11 is 0. The summed E-state index contributed by atoms with van der Waals surface area (Å²) in [7, 11) is -3.54. The van der Waals surface area contributed by atoms with Gasteiger partial charge in [0, 0.05) is 13.1 Å². The Morgan fingerprint density at radius 1 is 1.00 bits per heavy atom. The summed E-state index contributed by atoms with van der Waals surface area (Å²) in [4.78, 5) is 0. The number of ether oxygens (including phenoxy) is 1. The summed E-state index contributed by atoms with van der Waals surface area (Å²) in [5, 5.41) is 0. The van der Waals surface area contributed by atoms with Crippen molar-refractivity contribution in [3.05, 3.63) is 65.7 Å². The fraction of sp³-hybridized carbons (Fsp3) is 0.294. The lowest BCUT2D eigenvalue weighted by Crippen LogP contribution is -2.42. The SMILES string of the molecule is O=S(=O)(NCc1ccccc1)NC[C@H]1CCc2ccccc2O1. The van der Waals surface area contributed by atoms with Gasteiger partial charge in [0.25, 0.3) is 10.2 Å². The van der Waals surface area contributed by atoms with Crippen molar-refractivity contribution in [2.24, 2.45) is 0 Å². The Bertz CT molecular complexity index is 747. The molecule has 1 heterocycles. The summed E-state index contributed by atoms with van der Waals surface area (Å²) in [6.07, 6.45) is 1.57. The van der Waals surface area contributed by atoms with Crippen LogP contribution in [-0.4, -0.2) is 21.1 Å². The maximum atomic E-state index is 12.0. The molecule has 2 aromatic rings. The number of aryl methyl sites for hydroxylation is 1. The van der Waals surface area contributed by atoms with Crippen LogP contribution in [0.1, 0.15) is 17.5 Å². The largest absolute Gasteiger partial charge is 0.489 e. The molecule has 0 aromatic heterocycles. The molecule has 0 radical (unpaired) electrons. The van der Waals surface area contributed by atoms with Gasteiger partial charge in [-0.25, -0.2) is 0 Å². The van der Waals surface area contributed by atoms with Crippen LogP contribution in [0.2, 0.25) is 0 Å². The lowest BCUT2D eigenvalue weighted by molar-refractivity contribution is 0.177. The minimum absolute atomic E-state index is 0.141. The van der Waals surface area contributed by atoms with Crippen molar-refractivity contribution in [3.8, 4) is 5.75 Å². The van der Waals surface area contributed by atoms with Gasteiger partial charge < -0.3 is 4.74 Å². The Balaban J connectivity index is 1.50. The predicted molar refractivity (Wildman–Crippen MR) is 89.4 cm³/mol. The van der Waals surface area contributed by atoms with Gasteiger partial charge in [-0.05, 0) is 30.0 Å². The van der Waals surface area contributed by atoms with Crippen LogP contribution in [0.25, 0.3) is 0 Å². The van der Waals surface area contributed by atoms with Gasteiger partial charge in [-0.15, -0.1) is 0 Å². The number of benzene rings is 2. The molecule has 0 spiro atoms. The van der Waals surface area contributed by atoms with Gasteiger partial charge in [0.2, 0.25) is 0 Å². The Kier molecular flexibility index (Phi) is 4.95. The van der Waals surface area contributed by atoms with E-state index in [1.807, 2.05) is 54.6 Å². The van der Waals surface area contributed by atoms with Gasteiger partial charge in [-0.1, -0.05) is 48.5 Å². The fourth-order valence-electron chi connectivity index (χ4n) is 2.55. The monoisotopic (exact) mass is 332 g/mol. The summed E-state index contributed by atoms with van der Waals surface area (Å²) in [6, 6.07) is 17.3. The van der Waals surface area contributed by atoms with Crippen molar-refractivity contribution >= 4 is 10.2 Å². The Hall–Kier alpha value is -1.89. The van der Waals surface area contributed by atoms with Gasteiger partial charge in [0.1, 0.15) is 11.9 Å². The third-order valence-electron chi connectivity index (χ3n) is 3.81. The molecule has 0 amide bonds. The van der Waals surface area contributed by atoms with Crippen molar-refractivity contribution in [2.45, 2.75) is 25.5 Å². The van der Waals surface area contributed by atoms with E-state index in [4.69, 9.17) is 4.74 Å². The van der Waals surface area contributed by atoms with Crippen LogP contribution in [0.5, 0.6) is 5.75 Å². The maximum Gasteiger partial charge on any atom is 0.277 e. The lowest BCUT2D eigenvalue weighted by Gasteiger charge is -2.26. The van der Waals surface area contributed by atoms with Crippen molar-refractivity contribution in [3.63, 3.8) is 0 Å². The second kappa shape index (κ2) is 7.12. The van der Waals surface area contributed by atoms with Crippen LogP contribution < -0.4 is 14.2 Å². The van der Waals surface area contributed by atoms with Crippen molar-refractivity contribution in [1.29, 1.82) is 0 Å². The minimum Gasteiger partial charge on any atom is -0.489 e. The topological polar surface area (TPSA) is 67.4 Å². The van der Waals surface area contributed by atoms with Crippen LogP contribution in [-0.2, 0) is 23.2 Å². The number of hydrogen-bond donors (Lipinski definition) is 2. The van der Waals surface area contributed by atoms with E-state index >= 15 is 0 Å². The Morgan fingerprint density at radius 3 is 2.57 bits per heavy atom. The van der Waals surface area contributed by atoms with Crippen LogP contribution >= 0.6 is 0 Å². The van der Waals surface area contributed by atoms with Crippen LogP contribution in [0.15, 0.2) is 54.6 Å². The smallest absolute Gasteiger partial charge is 0.277 e. The molecule has 0 unspecified atom stereocenters. The molecular weight excluding hydrogens is 312 g/mol. The highest BCUT2D eigenvalue weighted by Gasteiger charge is 2.21. The average molecular weight is 332 g/mol. The van der Waals surface area contributed by atoms with E-state index in [0.717, 1.165) is 24.2 Å².